The van der Waals surface area contributed by atoms with Crippen molar-refractivity contribution in [1.29, 1.82) is 0 Å². The maximum atomic E-state index is 11.4. The Bertz CT molecular complexity index is 241. The fraction of sp³-hybridized carbons (Fsp3) is 0.700. The average molecular weight is 197 g/mol. The predicted molar refractivity (Wildman–Crippen MR) is 56.6 cm³/mol. The van der Waals surface area contributed by atoms with Crippen molar-refractivity contribution in [2.45, 2.75) is 25.5 Å². The SMILES string of the molecule is CC#CC(=O)N1CCSC(CC)C1. The summed E-state index contributed by atoms with van der Waals surface area (Å²) >= 11 is 1.96. The summed E-state index contributed by atoms with van der Waals surface area (Å²) in [6.07, 6.45) is 1.13. The molecule has 1 rings (SSSR count). The van der Waals surface area contributed by atoms with E-state index in [4.69, 9.17) is 0 Å². The molecule has 72 valence electrons. The second-order valence-corrected chi connectivity index (χ2v) is 4.44. The number of hydrogen-bond donors (Lipinski definition) is 0. The molecule has 1 saturated heterocycles. The minimum Gasteiger partial charge on any atom is -0.330 e. The quantitative estimate of drug-likeness (QED) is 0.592. The van der Waals surface area contributed by atoms with Gasteiger partial charge in [-0.25, -0.2) is 0 Å². The summed E-state index contributed by atoms with van der Waals surface area (Å²) in [5.74, 6) is 6.28. The molecule has 0 bridgehead atoms. The normalized spacial score (nSPS) is 22.0. The minimum atomic E-state index is -0.0127. The van der Waals surface area contributed by atoms with Crippen molar-refractivity contribution in [3.05, 3.63) is 0 Å². The zero-order chi connectivity index (χ0) is 9.68. The maximum Gasteiger partial charge on any atom is 0.298 e. The molecular formula is C10H15NOS. The second-order valence-electron chi connectivity index (χ2n) is 3.03. The van der Waals surface area contributed by atoms with Crippen LogP contribution in [0.25, 0.3) is 0 Å². The molecule has 13 heavy (non-hydrogen) atoms. The Morgan fingerprint density at radius 1 is 1.69 bits per heavy atom. The third-order valence-corrected chi connectivity index (χ3v) is 3.49. The number of rotatable bonds is 1. The second kappa shape index (κ2) is 5.18. The highest BCUT2D eigenvalue weighted by Gasteiger charge is 2.21. The van der Waals surface area contributed by atoms with Crippen molar-refractivity contribution < 1.29 is 4.79 Å². The van der Waals surface area contributed by atoms with E-state index in [-0.39, 0.29) is 5.91 Å². The zero-order valence-corrected chi connectivity index (χ0v) is 8.99. The van der Waals surface area contributed by atoms with Crippen molar-refractivity contribution in [2.75, 3.05) is 18.8 Å². The van der Waals surface area contributed by atoms with Crippen LogP contribution in [0.3, 0.4) is 0 Å². The molecule has 1 unspecified atom stereocenters. The molecule has 0 aromatic carbocycles. The highest BCUT2D eigenvalue weighted by Crippen LogP contribution is 2.20. The van der Waals surface area contributed by atoms with Gasteiger partial charge in [-0.05, 0) is 19.3 Å². The van der Waals surface area contributed by atoms with Crippen molar-refractivity contribution in [1.82, 2.24) is 4.90 Å². The van der Waals surface area contributed by atoms with Crippen LogP contribution in [0.5, 0.6) is 0 Å². The lowest BCUT2D eigenvalue weighted by Gasteiger charge is -2.30. The van der Waals surface area contributed by atoms with Crippen LogP contribution < -0.4 is 0 Å². The highest BCUT2D eigenvalue weighted by atomic mass is 32.2. The van der Waals surface area contributed by atoms with Gasteiger partial charge in [-0.1, -0.05) is 12.8 Å². The number of amides is 1. The van der Waals surface area contributed by atoms with Gasteiger partial charge in [0.2, 0.25) is 0 Å². The summed E-state index contributed by atoms with van der Waals surface area (Å²) < 4.78 is 0. The number of nitrogens with zero attached hydrogens (tertiary/aromatic N) is 1. The molecule has 0 aromatic rings. The van der Waals surface area contributed by atoms with Crippen LogP contribution in [0.1, 0.15) is 20.3 Å². The van der Waals surface area contributed by atoms with Crippen LogP contribution in [0.2, 0.25) is 0 Å². The van der Waals surface area contributed by atoms with Crippen molar-refractivity contribution in [2.24, 2.45) is 0 Å². The summed E-state index contributed by atoms with van der Waals surface area (Å²) in [6, 6.07) is 0. The Kier molecular flexibility index (Phi) is 4.17. The summed E-state index contributed by atoms with van der Waals surface area (Å²) in [5, 5.41) is 0.608. The Morgan fingerprint density at radius 2 is 2.46 bits per heavy atom. The van der Waals surface area contributed by atoms with Crippen LogP contribution in [-0.2, 0) is 4.79 Å². The van der Waals surface area contributed by atoms with E-state index in [2.05, 4.69) is 18.8 Å². The van der Waals surface area contributed by atoms with Gasteiger partial charge in [0.15, 0.2) is 0 Å². The minimum absolute atomic E-state index is 0.0127. The molecule has 1 fully saturated rings. The molecule has 0 N–H and O–H groups in total. The van der Waals surface area contributed by atoms with Crippen LogP contribution >= 0.6 is 11.8 Å². The summed E-state index contributed by atoms with van der Waals surface area (Å²) in [6.45, 7) is 5.59. The van der Waals surface area contributed by atoms with E-state index < -0.39 is 0 Å². The molecule has 2 nitrogen and oxygen atoms in total. The zero-order valence-electron chi connectivity index (χ0n) is 8.17. The van der Waals surface area contributed by atoms with Gasteiger partial charge in [0.25, 0.3) is 5.91 Å². The molecule has 0 saturated carbocycles. The Hall–Kier alpha value is -0.620. The molecule has 0 aliphatic carbocycles. The lowest BCUT2D eigenvalue weighted by atomic mass is 10.3. The fourth-order valence-electron chi connectivity index (χ4n) is 1.34. The molecule has 1 amide bonds. The average Bonchev–Trinajstić information content (AvgIpc) is 2.18. The topological polar surface area (TPSA) is 20.3 Å². The highest BCUT2D eigenvalue weighted by molar-refractivity contribution is 8.00. The van der Waals surface area contributed by atoms with E-state index in [0.717, 1.165) is 25.3 Å². The predicted octanol–water partition coefficient (Wildman–Crippen LogP) is 1.36. The smallest absolute Gasteiger partial charge is 0.298 e. The summed E-state index contributed by atoms with van der Waals surface area (Å²) in [7, 11) is 0. The third-order valence-electron chi connectivity index (χ3n) is 2.11. The van der Waals surface area contributed by atoms with E-state index in [0.29, 0.717) is 5.25 Å². The van der Waals surface area contributed by atoms with Crippen molar-refractivity contribution in [3.63, 3.8) is 0 Å². The molecular weight excluding hydrogens is 182 g/mol. The Labute approximate surface area is 84.1 Å². The largest absolute Gasteiger partial charge is 0.330 e. The maximum absolute atomic E-state index is 11.4. The molecule has 1 aliphatic rings. The molecule has 3 heteroatoms. The van der Waals surface area contributed by atoms with Gasteiger partial charge in [0.1, 0.15) is 0 Å². The van der Waals surface area contributed by atoms with Crippen LogP contribution in [0.4, 0.5) is 0 Å². The van der Waals surface area contributed by atoms with Crippen molar-refractivity contribution >= 4 is 17.7 Å². The first kappa shape index (κ1) is 10.5. The molecule has 1 heterocycles. The Morgan fingerprint density at radius 3 is 3.08 bits per heavy atom. The van der Waals surface area contributed by atoms with E-state index in [1.807, 2.05) is 16.7 Å². The summed E-state index contributed by atoms with van der Waals surface area (Å²) in [5.41, 5.74) is 0. The first-order valence-corrected chi connectivity index (χ1v) is 5.66. The summed E-state index contributed by atoms with van der Waals surface area (Å²) in [4.78, 5) is 13.3. The standard InChI is InChI=1S/C10H15NOS/c1-3-5-10(12)11-6-7-13-9(4-2)8-11/h9H,4,6-8H2,1-2H3. The molecule has 1 atom stereocenters. The van der Waals surface area contributed by atoms with E-state index >= 15 is 0 Å². The Balaban J connectivity index is 2.49. The number of hydrogen-bond acceptors (Lipinski definition) is 2. The van der Waals surface area contributed by atoms with Gasteiger partial charge >= 0.3 is 0 Å². The van der Waals surface area contributed by atoms with Gasteiger partial charge in [0, 0.05) is 24.1 Å². The lowest BCUT2D eigenvalue weighted by molar-refractivity contribution is -0.125. The lowest BCUT2D eigenvalue weighted by Crippen LogP contribution is -2.41. The fourth-order valence-corrected chi connectivity index (χ4v) is 2.52. The van der Waals surface area contributed by atoms with E-state index in [9.17, 15) is 4.79 Å². The van der Waals surface area contributed by atoms with Crippen LogP contribution in [0, 0.1) is 11.8 Å². The van der Waals surface area contributed by atoms with Crippen molar-refractivity contribution in [3.8, 4) is 11.8 Å². The molecule has 1 aliphatic heterocycles. The number of carbonyl (C=O) groups excluding carboxylic acids is 1. The van der Waals surface area contributed by atoms with Crippen LogP contribution in [0.15, 0.2) is 0 Å². The monoisotopic (exact) mass is 197 g/mol. The molecule has 0 radical (unpaired) electrons. The van der Waals surface area contributed by atoms with Gasteiger partial charge in [-0.15, -0.1) is 0 Å². The van der Waals surface area contributed by atoms with E-state index in [1.165, 1.54) is 0 Å². The van der Waals surface area contributed by atoms with E-state index in [1.54, 1.807) is 6.92 Å². The van der Waals surface area contributed by atoms with Gasteiger partial charge in [-0.2, -0.15) is 11.8 Å². The first-order valence-electron chi connectivity index (χ1n) is 4.61. The first-order chi connectivity index (χ1) is 6.27. The number of thioether (sulfide) groups is 1. The molecule has 0 spiro atoms. The molecule has 0 aromatic heterocycles. The third kappa shape index (κ3) is 2.96. The van der Waals surface area contributed by atoms with Gasteiger partial charge in [-0.3, -0.25) is 4.79 Å². The van der Waals surface area contributed by atoms with Gasteiger partial charge in [0.05, 0.1) is 0 Å². The van der Waals surface area contributed by atoms with Crippen LogP contribution in [-0.4, -0.2) is 34.9 Å². The number of carbonyl (C=O) groups is 1. The van der Waals surface area contributed by atoms with Gasteiger partial charge < -0.3 is 4.90 Å².